The van der Waals surface area contributed by atoms with Crippen LogP contribution in [0.25, 0.3) is 0 Å². The molecule has 7 heteroatoms. The topological polar surface area (TPSA) is 63.2 Å². The molecule has 1 aromatic carbocycles. The van der Waals surface area contributed by atoms with Crippen molar-refractivity contribution in [2.45, 2.75) is 18.7 Å². The number of nitrogens with one attached hydrogen (secondary N) is 1. The SMILES string of the molecule is CC(C)(CCl)C(=O)Nc1cc(S(C)(=O)=O)ccc1Cl. The van der Waals surface area contributed by atoms with Gasteiger partial charge in [0.25, 0.3) is 0 Å². The first-order valence-corrected chi connectivity index (χ1v) is 8.25. The average Bonchev–Trinajstić information content (AvgIpc) is 2.30. The zero-order chi connectivity index (χ0) is 14.8. The molecule has 0 spiro atoms. The molecule has 0 aliphatic rings. The molecule has 0 saturated heterocycles. The number of anilines is 1. The van der Waals surface area contributed by atoms with Crippen molar-refractivity contribution in [3.63, 3.8) is 0 Å². The van der Waals surface area contributed by atoms with E-state index in [1.807, 2.05) is 0 Å². The van der Waals surface area contributed by atoms with Crippen molar-refractivity contribution in [2.75, 3.05) is 17.5 Å². The highest BCUT2D eigenvalue weighted by molar-refractivity contribution is 7.90. The van der Waals surface area contributed by atoms with Crippen LogP contribution in [-0.4, -0.2) is 26.5 Å². The fourth-order valence-corrected chi connectivity index (χ4v) is 2.12. The van der Waals surface area contributed by atoms with Crippen LogP contribution in [0.5, 0.6) is 0 Å². The maximum Gasteiger partial charge on any atom is 0.231 e. The maximum absolute atomic E-state index is 12.0. The summed E-state index contributed by atoms with van der Waals surface area (Å²) >= 11 is 11.6. The third-order valence-electron chi connectivity index (χ3n) is 2.56. The van der Waals surface area contributed by atoms with E-state index in [4.69, 9.17) is 23.2 Å². The molecule has 0 saturated carbocycles. The highest BCUT2D eigenvalue weighted by Crippen LogP contribution is 2.27. The summed E-state index contributed by atoms with van der Waals surface area (Å²) in [5.41, 5.74) is -0.515. The molecule has 0 unspecified atom stereocenters. The van der Waals surface area contributed by atoms with E-state index in [1.165, 1.54) is 18.2 Å². The summed E-state index contributed by atoms with van der Waals surface area (Å²) < 4.78 is 22.9. The Kier molecular flexibility index (Phi) is 4.87. The van der Waals surface area contributed by atoms with E-state index >= 15 is 0 Å². The second-order valence-corrected chi connectivity index (χ2v) is 7.58. The van der Waals surface area contributed by atoms with Crippen LogP contribution >= 0.6 is 23.2 Å². The molecule has 0 radical (unpaired) electrons. The number of alkyl halides is 1. The van der Waals surface area contributed by atoms with Gasteiger partial charge in [-0.05, 0) is 32.0 Å². The lowest BCUT2D eigenvalue weighted by Crippen LogP contribution is -2.32. The van der Waals surface area contributed by atoms with Gasteiger partial charge < -0.3 is 5.32 Å². The van der Waals surface area contributed by atoms with Crippen molar-refractivity contribution >= 4 is 44.6 Å². The Bertz CT molecular complexity index is 597. The van der Waals surface area contributed by atoms with Gasteiger partial charge in [-0.2, -0.15) is 0 Å². The lowest BCUT2D eigenvalue weighted by molar-refractivity contribution is -0.122. The molecular weight excluding hydrogens is 309 g/mol. The number of rotatable bonds is 4. The van der Waals surface area contributed by atoms with Crippen molar-refractivity contribution < 1.29 is 13.2 Å². The molecule has 0 atom stereocenters. The zero-order valence-electron chi connectivity index (χ0n) is 10.8. The molecule has 1 amide bonds. The molecule has 1 aromatic rings. The summed E-state index contributed by atoms with van der Waals surface area (Å²) in [6.07, 6.45) is 1.09. The molecule has 0 aliphatic heterocycles. The molecule has 0 aliphatic carbocycles. The largest absolute Gasteiger partial charge is 0.324 e. The summed E-state index contributed by atoms with van der Waals surface area (Å²) in [4.78, 5) is 12.1. The van der Waals surface area contributed by atoms with Gasteiger partial charge in [0, 0.05) is 12.1 Å². The van der Waals surface area contributed by atoms with Gasteiger partial charge >= 0.3 is 0 Å². The van der Waals surface area contributed by atoms with Gasteiger partial charge in [0.15, 0.2) is 9.84 Å². The number of carbonyl (C=O) groups excluding carboxylic acids is 1. The second kappa shape index (κ2) is 5.69. The minimum Gasteiger partial charge on any atom is -0.324 e. The van der Waals surface area contributed by atoms with Gasteiger partial charge in [0.1, 0.15) is 0 Å². The molecule has 0 fully saturated rings. The van der Waals surface area contributed by atoms with Crippen molar-refractivity contribution in [3.05, 3.63) is 23.2 Å². The van der Waals surface area contributed by atoms with Crippen molar-refractivity contribution in [3.8, 4) is 0 Å². The van der Waals surface area contributed by atoms with E-state index < -0.39 is 15.3 Å². The quantitative estimate of drug-likeness (QED) is 0.866. The Hall–Kier alpha value is -0.780. The number of amides is 1. The third-order valence-corrected chi connectivity index (χ3v) is 4.67. The molecule has 1 N–H and O–H groups in total. The molecule has 1 rings (SSSR count). The minimum atomic E-state index is -3.35. The Balaban J connectivity index is 3.12. The zero-order valence-corrected chi connectivity index (χ0v) is 13.2. The molecule has 19 heavy (non-hydrogen) atoms. The first-order valence-electron chi connectivity index (χ1n) is 5.45. The van der Waals surface area contributed by atoms with E-state index in [9.17, 15) is 13.2 Å². The van der Waals surface area contributed by atoms with E-state index in [1.54, 1.807) is 13.8 Å². The first kappa shape index (κ1) is 16.3. The van der Waals surface area contributed by atoms with E-state index in [-0.39, 0.29) is 27.4 Å². The second-order valence-electron chi connectivity index (χ2n) is 4.89. The number of hydrogen-bond acceptors (Lipinski definition) is 3. The van der Waals surface area contributed by atoms with E-state index in [2.05, 4.69) is 5.32 Å². The monoisotopic (exact) mass is 323 g/mol. The van der Waals surface area contributed by atoms with Crippen LogP contribution in [0.4, 0.5) is 5.69 Å². The Labute approximate surface area is 123 Å². The van der Waals surface area contributed by atoms with Crippen LogP contribution < -0.4 is 5.32 Å². The van der Waals surface area contributed by atoms with Gasteiger partial charge in [-0.1, -0.05) is 11.6 Å². The highest BCUT2D eigenvalue weighted by atomic mass is 35.5. The van der Waals surface area contributed by atoms with E-state index in [0.717, 1.165) is 6.26 Å². The van der Waals surface area contributed by atoms with Crippen LogP contribution in [0.2, 0.25) is 5.02 Å². The predicted molar refractivity (Wildman–Crippen MR) is 77.7 cm³/mol. The van der Waals surface area contributed by atoms with Crippen LogP contribution in [-0.2, 0) is 14.6 Å². The molecule has 0 aromatic heterocycles. The standard InChI is InChI=1S/C12H15Cl2NO3S/c1-12(2,7-13)11(16)15-10-6-8(19(3,17)18)4-5-9(10)14/h4-6H,7H2,1-3H3,(H,15,16). The Morgan fingerprint density at radius 3 is 2.42 bits per heavy atom. The van der Waals surface area contributed by atoms with Gasteiger partial charge in [-0.3, -0.25) is 4.79 Å². The fraction of sp³-hybridized carbons (Fsp3) is 0.417. The van der Waals surface area contributed by atoms with Crippen LogP contribution in [0.3, 0.4) is 0 Å². The fourth-order valence-electron chi connectivity index (χ4n) is 1.18. The smallest absolute Gasteiger partial charge is 0.231 e. The lowest BCUT2D eigenvalue weighted by atomic mass is 9.95. The first-order chi connectivity index (χ1) is 8.58. The molecule has 106 valence electrons. The summed E-state index contributed by atoms with van der Waals surface area (Å²) in [7, 11) is -3.35. The third kappa shape index (κ3) is 4.09. The van der Waals surface area contributed by atoms with Crippen molar-refractivity contribution in [1.82, 2.24) is 0 Å². The lowest BCUT2D eigenvalue weighted by Gasteiger charge is -2.21. The summed E-state index contributed by atoms with van der Waals surface area (Å²) in [6.45, 7) is 3.37. The minimum absolute atomic E-state index is 0.0934. The molecule has 4 nitrogen and oxygen atoms in total. The van der Waals surface area contributed by atoms with Crippen LogP contribution in [0, 0.1) is 5.41 Å². The Morgan fingerprint density at radius 1 is 1.37 bits per heavy atom. The van der Waals surface area contributed by atoms with Gasteiger partial charge in [-0.15, -0.1) is 11.6 Å². The Morgan fingerprint density at radius 2 is 1.95 bits per heavy atom. The normalized spacial score (nSPS) is 12.3. The number of hydrogen-bond donors (Lipinski definition) is 1. The van der Waals surface area contributed by atoms with Crippen LogP contribution in [0.1, 0.15) is 13.8 Å². The maximum atomic E-state index is 12.0. The number of halogens is 2. The predicted octanol–water partition coefficient (Wildman–Crippen LogP) is 2.95. The summed E-state index contributed by atoms with van der Waals surface area (Å²) in [6, 6.07) is 4.15. The summed E-state index contributed by atoms with van der Waals surface area (Å²) in [5, 5.41) is 2.86. The number of sulfone groups is 1. The van der Waals surface area contributed by atoms with Gasteiger partial charge in [0.05, 0.1) is 21.0 Å². The van der Waals surface area contributed by atoms with Gasteiger partial charge in [0.2, 0.25) is 5.91 Å². The number of benzene rings is 1. The van der Waals surface area contributed by atoms with Gasteiger partial charge in [-0.25, -0.2) is 8.42 Å². The average molecular weight is 324 g/mol. The van der Waals surface area contributed by atoms with E-state index in [0.29, 0.717) is 0 Å². The van der Waals surface area contributed by atoms with Crippen molar-refractivity contribution in [2.24, 2.45) is 5.41 Å². The summed E-state index contributed by atoms with van der Waals surface area (Å²) in [5.74, 6) is -0.183. The van der Waals surface area contributed by atoms with Crippen LogP contribution in [0.15, 0.2) is 23.1 Å². The molecule has 0 heterocycles. The van der Waals surface area contributed by atoms with Crippen molar-refractivity contribution in [1.29, 1.82) is 0 Å². The molecular formula is C12H15Cl2NO3S. The molecule has 0 bridgehead atoms. The highest BCUT2D eigenvalue weighted by Gasteiger charge is 2.27. The number of carbonyl (C=O) groups is 1.